The van der Waals surface area contributed by atoms with Crippen molar-refractivity contribution >= 4 is 17.4 Å². The molecule has 0 N–H and O–H groups in total. The Morgan fingerprint density at radius 3 is 2.60 bits per heavy atom. The SMILES string of the molecule is CC(=O)c1ncnn1-c1ccc(Cl)cc1. The van der Waals surface area contributed by atoms with Gasteiger partial charge in [-0.05, 0) is 24.3 Å². The summed E-state index contributed by atoms with van der Waals surface area (Å²) in [4.78, 5) is 15.1. The third kappa shape index (κ3) is 1.89. The summed E-state index contributed by atoms with van der Waals surface area (Å²) >= 11 is 5.76. The van der Waals surface area contributed by atoms with Crippen LogP contribution in [0.5, 0.6) is 0 Å². The van der Waals surface area contributed by atoms with E-state index >= 15 is 0 Å². The number of Topliss-reactive ketones (excluding diaryl/α,β-unsaturated/α-hetero) is 1. The molecule has 1 heterocycles. The molecule has 0 radical (unpaired) electrons. The molecule has 0 fully saturated rings. The molecule has 1 aromatic carbocycles. The van der Waals surface area contributed by atoms with E-state index in [0.29, 0.717) is 10.8 Å². The average molecular weight is 222 g/mol. The van der Waals surface area contributed by atoms with Crippen LogP contribution in [0.2, 0.25) is 5.02 Å². The van der Waals surface area contributed by atoms with Crippen molar-refractivity contribution in [1.82, 2.24) is 14.8 Å². The van der Waals surface area contributed by atoms with Gasteiger partial charge in [0.2, 0.25) is 0 Å². The average Bonchev–Trinajstić information content (AvgIpc) is 2.67. The molecular weight excluding hydrogens is 214 g/mol. The number of carbonyl (C=O) groups is 1. The molecule has 0 spiro atoms. The van der Waals surface area contributed by atoms with Gasteiger partial charge in [0.25, 0.3) is 0 Å². The van der Waals surface area contributed by atoms with Gasteiger partial charge in [-0.1, -0.05) is 11.6 Å². The molecule has 4 nitrogen and oxygen atoms in total. The van der Waals surface area contributed by atoms with Crippen LogP contribution in [0.1, 0.15) is 17.5 Å². The molecule has 1 aromatic heterocycles. The van der Waals surface area contributed by atoms with Crippen LogP contribution >= 0.6 is 11.6 Å². The second-order valence-corrected chi connectivity index (χ2v) is 3.46. The fourth-order valence-corrected chi connectivity index (χ4v) is 1.38. The summed E-state index contributed by atoms with van der Waals surface area (Å²) in [7, 11) is 0. The van der Waals surface area contributed by atoms with E-state index in [1.165, 1.54) is 17.9 Å². The number of nitrogens with zero attached hydrogens (tertiary/aromatic N) is 3. The summed E-state index contributed by atoms with van der Waals surface area (Å²) in [5, 5.41) is 4.62. The van der Waals surface area contributed by atoms with Crippen LogP contribution in [-0.4, -0.2) is 20.5 Å². The molecule has 0 aliphatic heterocycles. The van der Waals surface area contributed by atoms with Crippen molar-refractivity contribution in [3.05, 3.63) is 41.4 Å². The molecule has 0 saturated heterocycles. The smallest absolute Gasteiger partial charge is 0.199 e. The Hall–Kier alpha value is -1.68. The number of halogens is 1. The van der Waals surface area contributed by atoms with Crippen LogP contribution in [0.4, 0.5) is 0 Å². The van der Waals surface area contributed by atoms with Gasteiger partial charge in [-0.3, -0.25) is 4.79 Å². The molecule has 0 atom stereocenters. The zero-order chi connectivity index (χ0) is 10.8. The van der Waals surface area contributed by atoms with Crippen LogP contribution in [0, 0.1) is 0 Å². The topological polar surface area (TPSA) is 47.8 Å². The molecule has 5 heteroatoms. The summed E-state index contributed by atoms with van der Waals surface area (Å²) in [5.41, 5.74) is 0.766. The molecule has 0 saturated carbocycles. The van der Waals surface area contributed by atoms with Crippen LogP contribution in [0.3, 0.4) is 0 Å². The summed E-state index contributed by atoms with van der Waals surface area (Å²) in [6, 6.07) is 7.04. The predicted molar refractivity (Wildman–Crippen MR) is 56.4 cm³/mol. The van der Waals surface area contributed by atoms with Gasteiger partial charge in [0.15, 0.2) is 11.6 Å². The van der Waals surface area contributed by atoms with Crippen LogP contribution in [0.15, 0.2) is 30.6 Å². The third-order valence-corrected chi connectivity index (χ3v) is 2.19. The van der Waals surface area contributed by atoms with Crippen molar-refractivity contribution in [2.24, 2.45) is 0 Å². The van der Waals surface area contributed by atoms with Gasteiger partial charge in [-0.15, -0.1) is 0 Å². The molecule has 15 heavy (non-hydrogen) atoms. The monoisotopic (exact) mass is 221 g/mol. The van der Waals surface area contributed by atoms with E-state index in [9.17, 15) is 4.79 Å². The number of carbonyl (C=O) groups excluding carboxylic acids is 1. The minimum atomic E-state index is -0.123. The largest absolute Gasteiger partial charge is 0.291 e. The van der Waals surface area contributed by atoms with Crippen molar-refractivity contribution in [1.29, 1.82) is 0 Å². The Bertz CT molecular complexity index is 490. The fraction of sp³-hybridized carbons (Fsp3) is 0.100. The number of aromatic nitrogens is 3. The highest BCUT2D eigenvalue weighted by Crippen LogP contribution is 2.13. The van der Waals surface area contributed by atoms with Crippen molar-refractivity contribution in [3.8, 4) is 5.69 Å². The summed E-state index contributed by atoms with van der Waals surface area (Å²) < 4.78 is 1.48. The Balaban J connectivity index is 2.49. The Morgan fingerprint density at radius 1 is 1.33 bits per heavy atom. The minimum Gasteiger partial charge on any atom is -0.291 e. The highest BCUT2D eigenvalue weighted by molar-refractivity contribution is 6.30. The number of benzene rings is 1. The molecule has 0 aliphatic carbocycles. The zero-order valence-corrected chi connectivity index (χ0v) is 8.77. The first kappa shape index (κ1) is 9.86. The normalized spacial score (nSPS) is 10.3. The molecule has 0 unspecified atom stereocenters. The van der Waals surface area contributed by atoms with E-state index in [1.807, 2.05) is 0 Å². The van der Waals surface area contributed by atoms with E-state index in [0.717, 1.165) is 5.69 Å². The van der Waals surface area contributed by atoms with E-state index in [-0.39, 0.29) is 5.78 Å². The molecule has 2 aromatic rings. The summed E-state index contributed by atoms with van der Waals surface area (Å²) in [6.45, 7) is 1.45. The van der Waals surface area contributed by atoms with Gasteiger partial charge in [0.1, 0.15) is 6.33 Å². The van der Waals surface area contributed by atoms with E-state index < -0.39 is 0 Å². The van der Waals surface area contributed by atoms with Gasteiger partial charge in [-0.2, -0.15) is 5.10 Å². The van der Waals surface area contributed by atoms with Crippen LogP contribution in [0.25, 0.3) is 5.69 Å². The van der Waals surface area contributed by atoms with Crippen molar-refractivity contribution in [2.75, 3.05) is 0 Å². The first-order valence-electron chi connectivity index (χ1n) is 4.35. The number of ketones is 1. The van der Waals surface area contributed by atoms with Crippen LogP contribution in [-0.2, 0) is 0 Å². The predicted octanol–water partition coefficient (Wildman–Crippen LogP) is 2.12. The lowest BCUT2D eigenvalue weighted by Crippen LogP contribution is -2.06. The number of rotatable bonds is 2. The van der Waals surface area contributed by atoms with E-state index in [4.69, 9.17) is 11.6 Å². The van der Waals surface area contributed by atoms with Crippen molar-refractivity contribution in [3.63, 3.8) is 0 Å². The maximum absolute atomic E-state index is 11.2. The lowest BCUT2D eigenvalue weighted by Gasteiger charge is -2.02. The third-order valence-electron chi connectivity index (χ3n) is 1.93. The van der Waals surface area contributed by atoms with Gasteiger partial charge in [0, 0.05) is 11.9 Å². The Labute approximate surface area is 91.5 Å². The minimum absolute atomic E-state index is 0.123. The number of hydrogen-bond acceptors (Lipinski definition) is 3. The lowest BCUT2D eigenvalue weighted by atomic mass is 10.3. The van der Waals surface area contributed by atoms with Crippen LogP contribution < -0.4 is 0 Å². The molecule has 76 valence electrons. The first-order chi connectivity index (χ1) is 7.18. The maximum Gasteiger partial charge on any atom is 0.199 e. The summed E-state index contributed by atoms with van der Waals surface area (Å²) in [6.07, 6.45) is 1.35. The second kappa shape index (κ2) is 3.82. The molecular formula is C10H8ClN3O. The van der Waals surface area contributed by atoms with Crippen molar-refractivity contribution in [2.45, 2.75) is 6.92 Å². The second-order valence-electron chi connectivity index (χ2n) is 3.03. The highest BCUT2D eigenvalue weighted by Gasteiger charge is 2.10. The highest BCUT2D eigenvalue weighted by atomic mass is 35.5. The summed E-state index contributed by atoms with van der Waals surface area (Å²) in [5.74, 6) is 0.194. The molecule has 0 aliphatic rings. The van der Waals surface area contributed by atoms with Gasteiger partial charge < -0.3 is 0 Å². The fourth-order valence-electron chi connectivity index (χ4n) is 1.25. The maximum atomic E-state index is 11.2. The van der Waals surface area contributed by atoms with Gasteiger partial charge in [0.05, 0.1) is 5.69 Å². The van der Waals surface area contributed by atoms with Gasteiger partial charge in [-0.25, -0.2) is 9.67 Å². The zero-order valence-electron chi connectivity index (χ0n) is 8.01. The number of hydrogen-bond donors (Lipinski definition) is 0. The van der Waals surface area contributed by atoms with E-state index in [2.05, 4.69) is 10.1 Å². The van der Waals surface area contributed by atoms with Gasteiger partial charge >= 0.3 is 0 Å². The molecule has 0 bridgehead atoms. The molecule has 2 rings (SSSR count). The quantitative estimate of drug-likeness (QED) is 0.730. The standard InChI is InChI=1S/C10H8ClN3O/c1-7(15)10-12-6-13-14(10)9-4-2-8(11)3-5-9/h2-6H,1H3. The lowest BCUT2D eigenvalue weighted by molar-refractivity contribution is 0.100. The molecule has 0 amide bonds. The van der Waals surface area contributed by atoms with Crippen molar-refractivity contribution < 1.29 is 4.79 Å². The first-order valence-corrected chi connectivity index (χ1v) is 4.73. The Morgan fingerprint density at radius 2 is 2.00 bits per heavy atom. The van der Waals surface area contributed by atoms with E-state index in [1.54, 1.807) is 24.3 Å². The Kier molecular flexibility index (Phi) is 2.51.